The van der Waals surface area contributed by atoms with Crippen LogP contribution in [0.1, 0.15) is 35.3 Å². The molecule has 2 nitrogen and oxygen atoms in total. The zero-order valence-corrected chi connectivity index (χ0v) is 20.1. The molecule has 0 amide bonds. The van der Waals surface area contributed by atoms with Crippen molar-refractivity contribution in [2.45, 2.75) is 40.3 Å². The van der Waals surface area contributed by atoms with Crippen LogP contribution in [0.5, 0.6) is 0 Å². The zero-order chi connectivity index (χ0) is 25.1. The Morgan fingerprint density at radius 1 is 0.657 bits per heavy atom. The minimum Gasteiger partial charge on any atom is -0.451 e. The van der Waals surface area contributed by atoms with Gasteiger partial charge in [-0.2, -0.15) is 13.2 Å². The van der Waals surface area contributed by atoms with Gasteiger partial charge >= 0.3 is 12.1 Å². The van der Waals surface area contributed by atoms with E-state index < -0.39 is 23.3 Å². The Morgan fingerprint density at radius 2 is 1.14 bits per heavy atom. The SMILES string of the molecule is CC(C)(OC(=O)c1ccc([S+](c2ccccc2)c2ccccc2)cc1)c1cccc(C(F)(F)F)c1. The van der Waals surface area contributed by atoms with Crippen LogP contribution < -0.4 is 0 Å². The molecule has 0 saturated heterocycles. The second-order valence-electron chi connectivity index (χ2n) is 8.44. The summed E-state index contributed by atoms with van der Waals surface area (Å²) in [7, 11) is -0.355. The molecule has 0 aliphatic heterocycles. The minimum atomic E-state index is -4.47. The fourth-order valence-electron chi connectivity index (χ4n) is 3.67. The Balaban J connectivity index is 1.58. The number of rotatable bonds is 6. The number of ether oxygens (including phenoxy) is 1. The first kappa shape index (κ1) is 24.6. The smallest absolute Gasteiger partial charge is 0.416 e. The summed E-state index contributed by atoms with van der Waals surface area (Å²) in [5, 5.41) is 0. The number of esters is 1. The molecule has 35 heavy (non-hydrogen) atoms. The van der Waals surface area contributed by atoms with Crippen molar-refractivity contribution in [2.24, 2.45) is 0 Å². The maximum absolute atomic E-state index is 13.1. The Hall–Kier alpha value is -3.51. The fraction of sp³-hybridized carbons (Fsp3) is 0.138. The highest BCUT2D eigenvalue weighted by atomic mass is 32.2. The third-order valence-electron chi connectivity index (χ3n) is 5.52. The van der Waals surface area contributed by atoms with E-state index in [1.54, 1.807) is 26.0 Å². The van der Waals surface area contributed by atoms with E-state index >= 15 is 0 Å². The summed E-state index contributed by atoms with van der Waals surface area (Å²) < 4.78 is 45.0. The number of carbonyl (C=O) groups is 1. The molecule has 0 radical (unpaired) electrons. The van der Waals surface area contributed by atoms with Crippen LogP contribution in [0.4, 0.5) is 13.2 Å². The quantitative estimate of drug-likeness (QED) is 0.202. The maximum Gasteiger partial charge on any atom is 0.416 e. The van der Waals surface area contributed by atoms with Crippen molar-refractivity contribution >= 4 is 16.9 Å². The third-order valence-corrected chi connectivity index (χ3v) is 7.75. The van der Waals surface area contributed by atoms with E-state index in [9.17, 15) is 18.0 Å². The molecule has 0 N–H and O–H groups in total. The summed E-state index contributed by atoms with van der Waals surface area (Å²) in [5.74, 6) is -0.599. The topological polar surface area (TPSA) is 26.3 Å². The molecule has 0 heterocycles. The average molecular weight is 494 g/mol. The van der Waals surface area contributed by atoms with Gasteiger partial charge in [0.15, 0.2) is 14.7 Å². The Bertz CT molecular complexity index is 1250. The van der Waals surface area contributed by atoms with Crippen LogP contribution in [-0.2, 0) is 27.4 Å². The van der Waals surface area contributed by atoms with Crippen molar-refractivity contribution in [1.29, 1.82) is 0 Å². The summed E-state index contributed by atoms with van der Waals surface area (Å²) in [6.07, 6.45) is -4.47. The summed E-state index contributed by atoms with van der Waals surface area (Å²) >= 11 is 0. The summed E-state index contributed by atoms with van der Waals surface area (Å²) in [6.45, 7) is 3.16. The van der Waals surface area contributed by atoms with Crippen LogP contribution in [0.2, 0.25) is 0 Å². The standard InChI is InChI=1S/C29H24F3O2S/c1-28(2,22-10-9-11-23(20-22)29(30,31)32)34-27(33)21-16-18-26(19-17-21)35(24-12-5-3-6-13-24)25-14-7-4-8-15-25/h3-20H,1-2H3/q+1. The number of halogens is 3. The summed E-state index contributed by atoms with van der Waals surface area (Å²) in [4.78, 5) is 16.2. The molecule has 0 fully saturated rings. The van der Waals surface area contributed by atoms with Crippen LogP contribution in [-0.4, -0.2) is 5.97 Å². The predicted octanol–water partition coefficient (Wildman–Crippen LogP) is 7.89. The Kier molecular flexibility index (Phi) is 7.03. The predicted molar refractivity (Wildman–Crippen MR) is 131 cm³/mol. The lowest BCUT2D eigenvalue weighted by Crippen LogP contribution is -2.26. The van der Waals surface area contributed by atoms with Crippen molar-refractivity contribution < 1.29 is 22.7 Å². The van der Waals surface area contributed by atoms with Crippen molar-refractivity contribution in [3.8, 4) is 0 Å². The molecular formula is C29H24F3O2S+. The van der Waals surface area contributed by atoms with E-state index in [0.29, 0.717) is 5.56 Å². The second kappa shape index (κ2) is 10.0. The summed E-state index contributed by atoms with van der Waals surface area (Å²) in [6, 6.07) is 32.3. The first-order chi connectivity index (χ1) is 16.6. The van der Waals surface area contributed by atoms with Gasteiger partial charge in [0.25, 0.3) is 0 Å². The third kappa shape index (κ3) is 5.77. The Morgan fingerprint density at radius 3 is 1.66 bits per heavy atom. The highest BCUT2D eigenvalue weighted by molar-refractivity contribution is 7.97. The maximum atomic E-state index is 13.1. The van der Waals surface area contributed by atoms with Crippen LogP contribution in [0, 0.1) is 0 Å². The monoisotopic (exact) mass is 493 g/mol. The van der Waals surface area contributed by atoms with Gasteiger partial charge in [-0.15, -0.1) is 0 Å². The van der Waals surface area contributed by atoms with Crippen molar-refractivity contribution in [1.82, 2.24) is 0 Å². The van der Waals surface area contributed by atoms with Gasteiger partial charge in [0, 0.05) is 0 Å². The molecule has 0 aromatic heterocycles. The van der Waals surface area contributed by atoms with Gasteiger partial charge in [0.05, 0.1) is 22.0 Å². The highest BCUT2D eigenvalue weighted by Crippen LogP contribution is 2.34. The number of hydrogen-bond acceptors (Lipinski definition) is 2. The number of carbonyl (C=O) groups excluding carboxylic acids is 1. The van der Waals surface area contributed by atoms with E-state index in [-0.39, 0.29) is 16.5 Å². The molecule has 0 atom stereocenters. The zero-order valence-electron chi connectivity index (χ0n) is 19.3. The fourth-order valence-corrected chi connectivity index (χ4v) is 5.75. The Labute approximate surface area is 205 Å². The van der Waals surface area contributed by atoms with Gasteiger partial charge < -0.3 is 4.74 Å². The lowest BCUT2D eigenvalue weighted by Gasteiger charge is -2.26. The number of alkyl halides is 3. The molecule has 0 aliphatic rings. The van der Waals surface area contributed by atoms with Gasteiger partial charge in [-0.25, -0.2) is 4.79 Å². The van der Waals surface area contributed by atoms with E-state index in [2.05, 4.69) is 24.3 Å². The van der Waals surface area contributed by atoms with E-state index in [0.717, 1.165) is 26.8 Å². The molecule has 0 aliphatic carbocycles. The molecule has 6 heteroatoms. The lowest BCUT2D eigenvalue weighted by atomic mass is 9.96. The van der Waals surface area contributed by atoms with Crippen LogP contribution in [0.25, 0.3) is 0 Å². The minimum absolute atomic E-state index is 0.270. The summed E-state index contributed by atoms with van der Waals surface area (Å²) in [5.41, 5.74) is -1.42. The largest absolute Gasteiger partial charge is 0.451 e. The molecule has 0 bridgehead atoms. The molecule has 0 saturated carbocycles. The molecule has 178 valence electrons. The van der Waals surface area contributed by atoms with Crippen LogP contribution in [0.15, 0.2) is 124 Å². The van der Waals surface area contributed by atoms with Gasteiger partial charge in [0.2, 0.25) is 0 Å². The van der Waals surface area contributed by atoms with Crippen LogP contribution >= 0.6 is 0 Å². The van der Waals surface area contributed by atoms with Crippen molar-refractivity contribution in [3.05, 3.63) is 126 Å². The molecule has 4 aromatic carbocycles. The lowest BCUT2D eigenvalue weighted by molar-refractivity contribution is -0.137. The van der Waals surface area contributed by atoms with Gasteiger partial charge in [-0.3, -0.25) is 0 Å². The van der Waals surface area contributed by atoms with E-state index in [1.165, 1.54) is 12.1 Å². The van der Waals surface area contributed by atoms with Gasteiger partial charge in [-0.05, 0) is 80.1 Å². The molecular weight excluding hydrogens is 469 g/mol. The number of hydrogen-bond donors (Lipinski definition) is 0. The first-order valence-corrected chi connectivity index (χ1v) is 12.2. The van der Waals surface area contributed by atoms with Crippen molar-refractivity contribution in [3.63, 3.8) is 0 Å². The molecule has 4 aromatic rings. The van der Waals surface area contributed by atoms with Crippen molar-refractivity contribution in [2.75, 3.05) is 0 Å². The average Bonchev–Trinajstić information content (AvgIpc) is 2.85. The molecule has 4 rings (SSSR count). The van der Waals surface area contributed by atoms with E-state index in [4.69, 9.17) is 4.74 Å². The second-order valence-corrected chi connectivity index (χ2v) is 10.5. The first-order valence-electron chi connectivity index (χ1n) is 11.0. The highest BCUT2D eigenvalue weighted by Gasteiger charge is 2.34. The van der Waals surface area contributed by atoms with Gasteiger partial charge in [-0.1, -0.05) is 48.5 Å². The van der Waals surface area contributed by atoms with Gasteiger partial charge in [0.1, 0.15) is 5.60 Å². The molecule has 0 spiro atoms. The number of benzene rings is 4. The normalized spacial score (nSPS) is 11.9. The van der Waals surface area contributed by atoms with Crippen LogP contribution in [0.3, 0.4) is 0 Å². The van der Waals surface area contributed by atoms with E-state index in [1.807, 2.05) is 48.5 Å². The molecule has 0 unspecified atom stereocenters.